The molecule has 30 heavy (non-hydrogen) atoms. The fourth-order valence-electron chi connectivity index (χ4n) is 3.33. The van der Waals surface area contributed by atoms with Crippen LogP contribution in [-0.2, 0) is 23.1 Å². The van der Waals surface area contributed by atoms with E-state index < -0.39 is 0 Å². The van der Waals surface area contributed by atoms with Gasteiger partial charge in [-0.15, -0.1) is 11.3 Å². The number of methoxy groups -OCH3 is 1. The van der Waals surface area contributed by atoms with Crippen molar-refractivity contribution in [3.8, 4) is 11.3 Å². The smallest absolute Gasteiger partial charge is 0.338 e. The number of nitrogens with zero attached hydrogens (tertiary/aromatic N) is 3. The van der Waals surface area contributed by atoms with Gasteiger partial charge < -0.3 is 18.6 Å². The molecule has 0 fully saturated rings. The van der Waals surface area contributed by atoms with Crippen molar-refractivity contribution in [1.82, 2.24) is 9.13 Å². The van der Waals surface area contributed by atoms with Gasteiger partial charge in [0.05, 0.1) is 23.6 Å². The van der Waals surface area contributed by atoms with Crippen molar-refractivity contribution >= 4 is 23.0 Å². The zero-order valence-corrected chi connectivity index (χ0v) is 19.1. The highest BCUT2D eigenvalue weighted by atomic mass is 32.1. The highest BCUT2D eigenvalue weighted by Crippen LogP contribution is 2.27. The maximum absolute atomic E-state index is 11.9. The van der Waals surface area contributed by atoms with Gasteiger partial charge in [0.15, 0.2) is 4.80 Å². The van der Waals surface area contributed by atoms with Crippen LogP contribution in [0.5, 0.6) is 0 Å². The van der Waals surface area contributed by atoms with Gasteiger partial charge in [-0.25, -0.2) is 9.79 Å². The van der Waals surface area contributed by atoms with Crippen LogP contribution >= 0.6 is 11.3 Å². The molecule has 0 radical (unpaired) electrons. The number of aromatic nitrogens is 2. The molecule has 2 aromatic heterocycles. The number of carbonyl (C=O) groups is 1. The Balaban J connectivity index is 2.00. The van der Waals surface area contributed by atoms with Gasteiger partial charge in [0.2, 0.25) is 0 Å². The molecule has 0 aliphatic rings. The minimum Gasteiger partial charge on any atom is -0.462 e. The summed E-state index contributed by atoms with van der Waals surface area (Å²) in [6.07, 6.45) is 0.903. The third-order valence-electron chi connectivity index (χ3n) is 5.18. The fourth-order valence-corrected chi connectivity index (χ4v) is 4.28. The van der Waals surface area contributed by atoms with E-state index in [2.05, 4.69) is 41.5 Å². The van der Waals surface area contributed by atoms with Crippen LogP contribution in [0.4, 0.5) is 5.69 Å². The zero-order valence-electron chi connectivity index (χ0n) is 18.3. The number of rotatable bonds is 8. The highest BCUT2D eigenvalue weighted by Gasteiger charge is 2.14. The van der Waals surface area contributed by atoms with Gasteiger partial charge in [-0.3, -0.25) is 0 Å². The highest BCUT2D eigenvalue weighted by molar-refractivity contribution is 7.07. The molecule has 0 atom stereocenters. The Labute approximate surface area is 181 Å². The minimum absolute atomic E-state index is 0.313. The lowest BCUT2D eigenvalue weighted by Crippen LogP contribution is -2.17. The molecule has 3 rings (SSSR count). The van der Waals surface area contributed by atoms with Crippen LogP contribution in [0.15, 0.2) is 40.7 Å². The maximum Gasteiger partial charge on any atom is 0.338 e. The Bertz CT molecular complexity index is 1070. The van der Waals surface area contributed by atoms with Crippen LogP contribution in [0.2, 0.25) is 0 Å². The topological polar surface area (TPSA) is 57.8 Å². The first kappa shape index (κ1) is 22.1. The van der Waals surface area contributed by atoms with E-state index >= 15 is 0 Å². The van der Waals surface area contributed by atoms with Crippen LogP contribution in [0.1, 0.15) is 35.1 Å². The van der Waals surface area contributed by atoms with E-state index in [0.717, 1.165) is 23.5 Å². The Hall–Kier alpha value is -2.64. The van der Waals surface area contributed by atoms with Crippen molar-refractivity contribution in [2.24, 2.45) is 12.0 Å². The van der Waals surface area contributed by atoms with Crippen LogP contribution in [-0.4, -0.2) is 35.4 Å². The Morgan fingerprint density at radius 3 is 2.53 bits per heavy atom. The number of esters is 1. The summed E-state index contributed by atoms with van der Waals surface area (Å²) in [5, 5.41) is 2.17. The van der Waals surface area contributed by atoms with Crippen LogP contribution in [0.3, 0.4) is 0 Å². The number of hydrogen-bond donors (Lipinski definition) is 0. The predicted octanol–water partition coefficient (Wildman–Crippen LogP) is 4.62. The monoisotopic (exact) mass is 427 g/mol. The lowest BCUT2D eigenvalue weighted by Gasteiger charge is -2.09. The molecule has 6 nitrogen and oxygen atoms in total. The minimum atomic E-state index is -0.313. The Morgan fingerprint density at radius 2 is 1.93 bits per heavy atom. The molecule has 0 amide bonds. The van der Waals surface area contributed by atoms with Crippen LogP contribution in [0.25, 0.3) is 11.3 Å². The molecule has 0 saturated heterocycles. The Kier molecular flexibility index (Phi) is 7.29. The largest absolute Gasteiger partial charge is 0.462 e. The third-order valence-corrected chi connectivity index (χ3v) is 6.05. The lowest BCUT2D eigenvalue weighted by molar-refractivity contribution is 0.0526. The van der Waals surface area contributed by atoms with E-state index in [0.29, 0.717) is 18.8 Å². The van der Waals surface area contributed by atoms with E-state index in [4.69, 9.17) is 14.5 Å². The molecule has 7 heteroatoms. The van der Waals surface area contributed by atoms with E-state index in [1.807, 2.05) is 12.1 Å². The van der Waals surface area contributed by atoms with Crippen molar-refractivity contribution in [1.29, 1.82) is 0 Å². The summed E-state index contributed by atoms with van der Waals surface area (Å²) >= 11 is 1.62. The molecular formula is C23H29N3O3S. The predicted molar refractivity (Wildman–Crippen MR) is 120 cm³/mol. The standard InChI is InChI=1S/C23H29N3O3S/c1-6-29-22(27)18-8-10-19(11-9-18)24-23-26(12-7-13-28-5)21(15-30-23)20-14-16(2)25(4)17(20)3/h8-11,14-15H,6-7,12-13H2,1-5H3. The Morgan fingerprint density at radius 1 is 1.20 bits per heavy atom. The molecule has 0 bridgehead atoms. The van der Waals surface area contributed by atoms with E-state index in [1.165, 1.54) is 22.6 Å². The number of aryl methyl sites for hydroxylation is 1. The first-order valence-electron chi connectivity index (χ1n) is 10.1. The summed E-state index contributed by atoms with van der Waals surface area (Å²) in [4.78, 5) is 17.6. The summed E-state index contributed by atoms with van der Waals surface area (Å²) in [6, 6.07) is 9.44. The number of ether oxygens (including phenoxy) is 2. The third kappa shape index (κ3) is 4.74. The number of carbonyl (C=O) groups excluding carboxylic acids is 1. The van der Waals surface area contributed by atoms with Gasteiger partial charge >= 0.3 is 5.97 Å². The molecule has 1 aromatic carbocycles. The zero-order chi connectivity index (χ0) is 21.7. The molecule has 0 spiro atoms. The second kappa shape index (κ2) is 9.91. The molecule has 0 unspecified atom stereocenters. The summed E-state index contributed by atoms with van der Waals surface area (Å²) in [7, 11) is 3.81. The van der Waals surface area contributed by atoms with Gasteiger partial charge in [0.1, 0.15) is 0 Å². The maximum atomic E-state index is 11.9. The molecule has 2 heterocycles. The average Bonchev–Trinajstić information content (AvgIpc) is 3.24. The van der Waals surface area contributed by atoms with Gasteiger partial charge in [-0.2, -0.15) is 0 Å². The molecule has 0 aliphatic carbocycles. The van der Waals surface area contributed by atoms with Crippen molar-refractivity contribution in [2.75, 3.05) is 20.3 Å². The van der Waals surface area contributed by atoms with Crippen molar-refractivity contribution in [2.45, 2.75) is 33.7 Å². The van der Waals surface area contributed by atoms with Crippen molar-refractivity contribution in [3.05, 3.63) is 57.5 Å². The summed E-state index contributed by atoms with van der Waals surface area (Å²) in [5.74, 6) is -0.313. The quantitative estimate of drug-likeness (QED) is 0.389. The fraction of sp³-hybridized carbons (Fsp3) is 0.391. The number of benzene rings is 1. The van der Waals surface area contributed by atoms with E-state index in [1.54, 1.807) is 37.5 Å². The lowest BCUT2D eigenvalue weighted by atomic mass is 10.2. The number of hydrogen-bond acceptors (Lipinski definition) is 5. The normalized spacial score (nSPS) is 11.8. The van der Waals surface area contributed by atoms with E-state index in [-0.39, 0.29) is 5.97 Å². The summed E-state index contributed by atoms with van der Waals surface area (Å²) < 4.78 is 14.8. The van der Waals surface area contributed by atoms with Gasteiger partial charge in [0.25, 0.3) is 0 Å². The average molecular weight is 428 g/mol. The molecule has 0 saturated carbocycles. The first-order chi connectivity index (χ1) is 14.5. The second-order valence-corrected chi connectivity index (χ2v) is 7.96. The van der Waals surface area contributed by atoms with Crippen molar-refractivity contribution in [3.63, 3.8) is 0 Å². The molecule has 0 N–H and O–H groups in total. The SMILES string of the molecule is CCOC(=O)c1ccc(N=c2scc(-c3cc(C)n(C)c3C)n2CCCOC)cc1. The molecule has 3 aromatic rings. The van der Waals surface area contributed by atoms with Crippen LogP contribution in [0, 0.1) is 13.8 Å². The summed E-state index contributed by atoms with van der Waals surface area (Å²) in [5.41, 5.74) is 6.19. The first-order valence-corrected chi connectivity index (χ1v) is 11.0. The van der Waals surface area contributed by atoms with Crippen LogP contribution < -0.4 is 4.80 Å². The molecular weight excluding hydrogens is 398 g/mol. The molecule has 160 valence electrons. The van der Waals surface area contributed by atoms with E-state index in [9.17, 15) is 4.79 Å². The number of thiazole rings is 1. The van der Waals surface area contributed by atoms with Crippen molar-refractivity contribution < 1.29 is 14.3 Å². The summed E-state index contributed by atoms with van der Waals surface area (Å²) in [6.45, 7) is 7.94. The second-order valence-electron chi connectivity index (χ2n) is 7.12. The van der Waals surface area contributed by atoms with Gasteiger partial charge in [-0.05, 0) is 57.5 Å². The van der Waals surface area contributed by atoms with Gasteiger partial charge in [0, 0.05) is 49.6 Å². The molecule has 0 aliphatic heterocycles. The van der Waals surface area contributed by atoms with Gasteiger partial charge in [-0.1, -0.05) is 0 Å².